The Hall–Kier alpha value is -2.96. The van der Waals surface area contributed by atoms with Gasteiger partial charge in [-0.05, 0) is 30.4 Å². The van der Waals surface area contributed by atoms with E-state index in [1.165, 1.54) is 11.9 Å². The average Bonchev–Trinajstić information content (AvgIpc) is 3.09. The second-order valence-electron chi connectivity index (χ2n) is 5.78. The number of ether oxygens (including phenoxy) is 1. The minimum atomic E-state index is -0.738. The van der Waals surface area contributed by atoms with E-state index >= 15 is 0 Å². The summed E-state index contributed by atoms with van der Waals surface area (Å²) in [6, 6.07) is 2.60. The molecule has 7 heteroatoms. The summed E-state index contributed by atoms with van der Waals surface area (Å²) < 4.78 is 32.3. The number of rotatable bonds is 4. The Morgan fingerprint density at radius 3 is 2.68 bits per heavy atom. The van der Waals surface area contributed by atoms with Gasteiger partial charge in [0, 0.05) is 35.8 Å². The van der Waals surface area contributed by atoms with Gasteiger partial charge < -0.3 is 4.74 Å². The van der Waals surface area contributed by atoms with E-state index in [4.69, 9.17) is 4.74 Å². The van der Waals surface area contributed by atoms with Crippen LogP contribution in [0.25, 0.3) is 11.1 Å². The van der Waals surface area contributed by atoms with E-state index in [2.05, 4.69) is 19.9 Å². The van der Waals surface area contributed by atoms with Crippen LogP contribution in [0.5, 0.6) is 5.88 Å². The smallest absolute Gasteiger partial charge is 0.214 e. The molecule has 4 rings (SSSR count). The van der Waals surface area contributed by atoms with Gasteiger partial charge in [-0.1, -0.05) is 0 Å². The SMILES string of the molecule is Fc1cnc(COc2cc(-c3cncnc3)c3c(n2)CCC3)c(F)c1. The summed E-state index contributed by atoms with van der Waals surface area (Å²) in [5.74, 6) is -1.08. The van der Waals surface area contributed by atoms with Crippen LogP contribution in [0.3, 0.4) is 0 Å². The first kappa shape index (κ1) is 15.6. The molecule has 5 nitrogen and oxygen atoms in total. The fourth-order valence-electron chi connectivity index (χ4n) is 2.98. The van der Waals surface area contributed by atoms with Crippen LogP contribution in [0.15, 0.2) is 37.1 Å². The number of fused-ring (bicyclic) bond motifs is 1. The maximum Gasteiger partial charge on any atom is 0.214 e. The predicted molar refractivity (Wildman–Crippen MR) is 85.8 cm³/mol. The molecule has 0 radical (unpaired) electrons. The third-order valence-corrected chi connectivity index (χ3v) is 4.14. The van der Waals surface area contributed by atoms with Crippen LogP contribution in [-0.2, 0) is 19.4 Å². The lowest BCUT2D eigenvalue weighted by atomic mass is 10.0. The van der Waals surface area contributed by atoms with Gasteiger partial charge in [-0.15, -0.1) is 0 Å². The summed E-state index contributed by atoms with van der Waals surface area (Å²) in [6.07, 6.45) is 8.77. The second kappa shape index (κ2) is 6.51. The maximum atomic E-state index is 13.7. The topological polar surface area (TPSA) is 60.8 Å². The number of aryl methyl sites for hydroxylation is 1. The molecule has 0 bridgehead atoms. The first-order valence-corrected chi connectivity index (χ1v) is 7.91. The first-order valence-electron chi connectivity index (χ1n) is 7.91. The Bertz CT molecular complexity index is 918. The summed E-state index contributed by atoms with van der Waals surface area (Å²) in [7, 11) is 0. The highest BCUT2D eigenvalue weighted by atomic mass is 19.1. The van der Waals surface area contributed by atoms with Crippen LogP contribution in [0.4, 0.5) is 8.78 Å². The first-order chi connectivity index (χ1) is 12.2. The lowest BCUT2D eigenvalue weighted by Gasteiger charge is -2.12. The van der Waals surface area contributed by atoms with Crippen molar-refractivity contribution in [2.45, 2.75) is 25.9 Å². The highest BCUT2D eigenvalue weighted by molar-refractivity contribution is 5.68. The molecule has 0 aromatic carbocycles. The molecule has 0 fully saturated rings. The minimum absolute atomic E-state index is 0.0355. The molecule has 1 aliphatic carbocycles. The van der Waals surface area contributed by atoms with Crippen molar-refractivity contribution in [3.8, 4) is 17.0 Å². The Labute approximate surface area is 142 Å². The molecule has 0 atom stereocenters. The van der Waals surface area contributed by atoms with Crippen LogP contribution in [0.2, 0.25) is 0 Å². The van der Waals surface area contributed by atoms with Gasteiger partial charge in [-0.25, -0.2) is 23.7 Å². The van der Waals surface area contributed by atoms with Gasteiger partial charge in [0.15, 0.2) is 5.82 Å². The third kappa shape index (κ3) is 3.17. The van der Waals surface area contributed by atoms with E-state index in [1.54, 1.807) is 12.4 Å². The zero-order valence-corrected chi connectivity index (χ0v) is 13.2. The number of aromatic nitrogens is 4. The molecule has 0 amide bonds. The Kier molecular flexibility index (Phi) is 4.05. The molecular weight excluding hydrogens is 326 g/mol. The maximum absolute atomic E-state index is 13.7. The molecular formula is C18H14F2N4O. The molecule has 0 N–H and O–H groups in total. The molecule has 0 saturated carbocycles. The van der Waals surface area contributed by atoms with Gasteiger partial charge in [0.25, 0.3) is 0 Å². The number of pyridine rings is 2. The largest absolute Gasteiger partial charge is 0.471 e. The summed E-state index contributed by atoms with van der Waals surface area (Å²) in [6.45, 7) is -0.122. The normalized spacial score (nSPS) is 12.9. The fourth-order valence-corrected chi connectivity index (χ4v) is 2.98. The number of hydrogen-bond donors (Lipinski definition) is 0. The molecule has 3 heterocycles. The van der Waals surface area contributed by atoms with E-state index in [-0.39, 0.29) is 12.3 Å². The van der Waals surface area contributed by atoms with Gasteiger partial charge in [-0.3, -0.25) is 4.98 Å². The van der Waals surface area contributed by atoms with E-state index in [0.717, 1.165) is 48.3 Å². The van der Waals surface area contributed by atoms with Crippen LogP contribution >= 0.6 is 0 Å². The zero-order chi connectivity index (χ0) is 17.2. The van der Waals surface area contributed by atoms with Crippen LogP contribution in [0, 0.1) is 11.6 Å². The predicted octanol–water partition coefficient (Wildman–Crippen LogP) is 3.28. The quantitative estimate of drug-likeness (QED) is 0.729. The molecule has 0 aliphatic heterocycles. The highest BCUT2D eigenvalue weighted by Gasteiger charge is 2.20. The molecule has 0 saturated heterocycles. The third-order valence-electron chi connectivity index (χ3n) is 4.14. The molecule has 0 spiro atoms. The second-order valence-corrected chi connectivity index (χ2v) is 5.78. The Balaban J connectivity index is 1.64. The summed E-state index contributed by atoms with van der Waals surface area (Å²) in [5.41, 5.74) is 4.05. The molecule has 1 aliphatic rings. The van der Waals surface area contributed by atoms with Crippen molar-refractivity contribution in [1.29, 1.82) is 0 Å². The Morgan fingerprint density at radius 1 is 1.04 bits per heavy atom. The molecule has 3 aromatic heterocycles. The van der Waals surface area contributed by atoms with Crippen molar-refractivity contribution in [2.24, 2.45) is 0 Å². The summed E-state index contributed by atoms with van der Waals surface area (Å²) >= 11 is 0. The van der Waals surface area contributed by atoms with Gasteiger partial charge in [-0.2, -0.15) is 0 Å². The van der Waals surface area contributed by atoms with Gasteiger partial charge in [0.1, 0.15) is 24.4 Å². The van der Waals surface area contributed by atoms with E-state index in [0.29, 0.717) is 5.88 Å². The van der Waals surface area contributed by atoms with Crippen molar-refractivity contribution in [3.05, 3.63) is 65.6 Å². The van der Waals surface area contributed by atoms with Crippen LogP contribution in [-0.4, -0.2) is 19.9 Å². The van der Waals surface area contributed by atoms with Crippen molar-refractivity contribution >= 4 is 0 Å². The minimum Gasteiger partial charge on any atom is -0.471 e. The number of hydrogen-bond acceptors (Lipinski definition) is 5. The van der Waals surface area contributed by atoms with Gasteiger partial charge in [0.05, 0.1) is 6.20 Å². The molecule has 25 heavy (non-hydrogen) atoms. The summed E-state index contributed by atoms with van der Waals surface area (Å²) in [4.78, 5) is 16.4. The van der Waals surface area contributed by atoms with E-state index in [1.807, 2.05) is 6.07 Å². The zero-order valence-electron chi connectivity index (χ0n) is 13.2. The summed E-state index contributed by atoms with van der Waals surface area (Å²) in [5, 5.41) is 0. The Morgan fingerprint density at radius 2 is 1.88 bits per heavy atom. The van der Waals surface area contributed by atoms with Gasteiger partial charge in [0.2, 0.25) is 5.88 Å². The number of halogens is 2. The average molecular weight is 340 g/mol. The fraction of sp³-hybridized carbons (Fsp3) is 0.222. The van der Waals surface area contributed by atoms with Crippen molar-refractivity contribution in [1.82, 2.24) is 19.9 Å². The molecule has 0 unspecified atom stereocenters. The lowest BCUT2D eigenvalue weighted by Crippen LogP contribution is -2.05. The lowest BCUT2D eigenvalue weighted by molar-refractivity contribution is 0.281. The van der Waals surface area contributed by atoms with Gasteiger partial charge >= 0.3 is 0 Å². The van der Waals surface area contributed by atoms with Crippen LogP contribution < -0.4 is 4.74 Å². The van der Waals surface area contributed by atoms with Crippen molar-refractivity contribution in [2.75, 3.05) is 0 Å². The van der Waals surface area contributed by atoms with Crippen molar-refractivity contribution in [3.63, 3.8) is 0 Å². The molecule has 126 valence electrons. The van der Waals surface area contributed by atoms with Crippen LogP contribution in [0.1, 0.15) is 23.4 Å². The van der Waals surface area contributed by atoms with E-state index in [9.17, 15) is 8.78 Å². The monoisotopic (exact) mass is 340 g/mol. The molecule has 3 aromatic rings. The standard InChI is InChI=1S/C18H14F2N4O/c19-12-4-15(20)17(23-8-12)9-25-18-5-14(11-6-21-10-22-7-11)13-2-1-3-16(13)24-18/h4-8,10H,1-3,9H2. The highest BCUT2D eigenvalue weighted by Crippen LogP contribution is 2.33. The number of nitrogens with zero attached hydrogens (tertiary/aromatic N) is 4. The van der Waals surface area contributed by atoms with E-state index < -0.39 is 11.6 Å². The van der Waals surface area contributed by atoms with Crippen molar-refractivity contribution < 1.29 is 13.5 Å².